The van der Waals surface area contributed by atoms with Crippen LogP contribution in [0.2, 0.25) is 0 Å². The van der Waals surface area contributed by atoms with Gasteiger partial charge < -0.3 is 4.74 Å². The van der Waals surface area contributed by atoms with Gasteiger partial charge in [0.15, 0.2) is 0 Å². The van der Waals surface area contributed by atoms with Crippen LogP contribution in [-0.4, -0.2) is 14.1 Å². The zero-order valence-electron chi connectivity index (χ0n) is 40.2. The van der Waals surface area contributed by atoms with Gasteiger partial charge in [0.1, 0.15) is 17.3 Å². The highest BCUT2D eigenvalue weighted by Crippen LogP contribution is 2.40. The highest BCUT2D eigenvalue weighted by Gasteiger charge is 2.28. The zero-order valence-corrected chi connectivity index (χ0v) is 35.2. The molecule has 0 radical (unpaired) electrons. The van der Waals surface area contributed by atoms with Crippen LogP contribution in [0.4, 0.5) is 0 Å². The lowest BCUT2D eigenvalue weighted by Crippen LogP contribution is -2.35. The average Bonchev–Trinajstić information content (AvgIpc) is 3.80. The van der Waals surface area contributed by atoms with Crippen LogP contribution in [0.15, 0.2) is 152 Å². The normalized spacial score (nSPS) is 13.7. The first-order valence-corrected chi connectivity index (χ1v) is 20.2. The number of aromatic nitrogens is 4. The molecule has 0 unspecified atom stereocenters. The smallest absolute Gasteiger partial charge is 0.269 e. The van der Waals surface area contributed by atoms with Crippen LogP contribution in [-0.2, 0) is 16.2 Å². The maximum Gasteiger partial charge on any atom is 0.269 e. The fourth-order valence-electron chi connectivity index (χ4n) is 7.96. The Kier molecular flexibility index (Phi) is 7.78. The summed E-state index contributed by atoms with van der Waals surface area (Å²) in [6, 6.07) is 37.3. The van der Waals surface area contributed by atoms with Gasteiger partial charge in [-0.3, -0.25) is 13.7 Å². The van der Waals surface area contributed by atoms with E-state index in [-0.39, 0.29) is 40.6 Å². The van der Waals surface area contributed by atoms with Crippen molar-refractivity contribution in [1.29, 1.82) is 0 Å². The summed E-state index contributed by atoms with van der Waals surface area (Å²) in [5, 5.41) is 2.24. The lowest BCUT2D eigenvalue weighted by Gasteiger charge is -2.30. The van der Waals surface area contributed by atoms with Gasteiger partial charge in [-0.25, -0.2) is 4.98 Å². The summed E-state index contributed by atoms with van der Waals surface area (Å²) in [5.74, 6) is 2.16. The fourth-order valence-corrected chi connectivity index (χ4v) is 7.96. The molecule has 0 N–H and O–H groups in total. The Hall–Kier alpha value is -6.46. The predicted octanol–water partition coefficient (Wildman–Crippen LogP) is 13.6. The van der Waals surface area contributed by atoms with E-state index in [1.807, 2.05) is 76.0 Å². The van der Waals surface area contributed by atoms with Crippen molar-refractivity contribution < 1.29 is 16.2 Å². The van der Waals surface area contributed by atoms with E-state index in [0.29, 0.717) is 22.7 Å². The van der Waals surface area contributed by atoms with Crippen LogP contribution in [0.25, 0.3) is 61.2 Å². The quantitative estimate of drug-likeness (QED) is 0.125. The van der Waals surface area contributed by atoms with Gasteiger partial charge in [-0.1, -0.05) is 153 Å². The van der Waals surface area contributed by atoms with Crippen molar-refractivity contribution in [2.75, 3.05) is 0 Å². The molecule has 5 heteroatoms. The molecule has 6 aromatic carbocycles. The van der Waals surface area contributed by atoms with E-state index in [1.165, 1.54) is 5.56 Å². The second kappa shape index (κ2) is 14.1. The maximum atomic E-state index is 9.15. The number of imidazole rings is 1. The predicted molar refractivity (Wildman–Crippen MR) is 244 cm³/mol. The molecule has 0 atom stereocenters. The van der Waals surface area contributed by atoms with Crippen molar-refractivity contribution in [1.82, 2.24) is 14.1 Å². The summed E-state index contributed by atoms with van der Waals surface area (Å²) in [5.41, 5.74) is 8.32. The van der Waals surface area contributed by atoms with Gasteiger partial charge in [-0.2, -0.15) is 0 Å². The number of benzene rings is 6. The van der Waals surface area contributed by atoms with E-state index in [1.54, 1.807) is 0 Å². The first-order valence-electron chi connectivity index (χ1n) is 22.7. The summed E-state index contributed by atoms with van der Waals surface area (Å²) in [6.45, 7) is 19.4. The van der Waals surface area contributed by atoms with Crippen molar-refractivity contribution in [2.24, 2.45) is 0 Å². The van der Waals surface area contributed by atoms with E-state index in [9.17, 15) is 0 Å². The van der Waals surface area contributed by atoms with Crippen LogP contribution in [0, 0.1) is 6.33 Å². The summed E-state index contributed by atoms with van der Waals surface area (Å²) >= 11 is 0. The molecule has 0 spiro atoms. The number of hydrogen-bond acceptors (Lipinski definition) is 2. The van der Waals surface area contributed by atoms with E-state index in [2.05, 4.69) is 128 Å². The summed E-state index contributed by atoms with van der Waals surface area (Å²) in [7, 11) is 0. The minimum Gasteiger partial charge on any atom is -0.458 e. The molecule has 0 bridgehead atoms. The fraction of sp³-hybridized carbons (Fsp3) is 0.222. The van der Waals surface area contributed by atoms with Crippen molar-refractivity contribution in [3.8, 4) is 39.8 Å². The Morgan fingerprint density at radius 1 is 0.610 bits per heavy atom. The number of pyridine rings is 1. The van der Waals surface area contributed by atoms with Gasteiger partial charge in [0.2, 0.25) is 0 Å². The van der Waals surface area contributed by atoms with Gasteiger partial charge in [-0.15, -0.1) is 0 Å². The minimum absolute atomic E-state index is 0.0458. The van der Waals surface area contributed by atoms with Crippen molar-refractivity contribution in [3.05, 3.63) is 175 Å². The first-order chi connectivity index (χ1) is 30.2. The molecule has 3 heterocycles. The molecule has 0 amide bonds. The monoisotopic (exact) mass is 777 g/mol. The Balaban J connectivity index is 1.21. The molecule has 0 saturated heterocycles. The molecular weight excluding hydrogens is 721 g/mol. The number of nitrogens with zero attached hydrogens (tertiary/aromatic N) is 4. The molecule has 59 heavy (non-hydrogen) atoms. The Bertz CT molecular complexity index is 3300. The highest BCUT2D eigenvalue weighted by molar-refractivity contribution is 6.09. The number of fused-ring (bicyclic) bond motifs is 4. The third-order valence-electron chi connectivity index (χ3n) is 11.1. The van der Waals surface area contributed by atoms with E-state index in [4.69, 9.17) is 16.6 Å². The number of rotatable bonds is 6. The maximum absolute atomic E-state index is 9.15. The largest absolute Gasteiger partial charge is 0.458 e. The van der Waals surface area contributed by atoms with Crippen LogP contribution in [0.5, 0.6) is 11.5 Å². The van der Waals surface area contributed by atoms with Crippen molar-refractivity contribution in [2.45, 2.75) is 78.6 Å². The average molecular weight is 778 g/mol. The third-order valence-corrected chi connectivity index (χ3v) is 11.1. The standard InChI is InChI=1S/C54H52N4O/c1-52(2,3)37-28-29-55-50(32-37)58-46-23-14-13-22-42(46)43-27-26-41(34-49(43)58)59-40-21-17-20-39(33-40)56-35-57(48-25-16-15-24-47(48)56)51-44(36-18-11-10-12-19-36)30-38(53(4,5)6)31-45(51)54(7,8)9/h10-34H,1-9H3/i10D,11D,12D,18D,19D. The molecular formula is C54H52N4O. The topological polar surface area (TPSA) is 35.9 Å². The van der Waals surface area contributed by atoms with Gasteiger partial charge in [0, 0.05) is 23.0 Å². The molecule has 0 fully saturated rings. The molecule has 9 rings (SSSR count). The highest BCUT2D eigenvalue weighted by atomic mass is 16.5. The SMILES string of the molecule is [2H]c1c([2H])c([2H])c(-c2cc(C(C)(C)C)cc(C(C)(C)C)c2-[n+]2[c-]n(-c3cccc(Oc4ccc5c6ccccc6n(-c6cc(C(C)(C)C)ccn6)c5c4)c3)c3ccccc32)c([2H])c1[2H]. The molecule has 5 nitrogen and oxygen atoms in total. The lowest BCUT2D eigenvalue weighted by molar-refractivity contribution is -0.572. The van der Waals surface area contributed by atoms with Crippen LogP contribution >= 0.6 is 0 Å². The minimum atomic E-state index is -0.425. The Morgan fingerprint density at radius 3 is 2.05 bits per heavy atom. The number of hydrogen-bond donors (Lipinski definition) is 0. The van der Waals surface area contributed by atoms with E-state index >= 15 is 0 Å². The molecule has 0 aliphatic heterocycles. The van der Waals surface area contributed by atoms with E-state index < -0.39 is 11.5 Å². The number of para-hydroxylation sites is 3. The Labute approximate surface area is 355 Å². The van der Waals surface area contributed by atoms with Gasteiger partial charge >= 0.3 is 0 Å². The summed E-state index contributed by atoms with van der Waals surface area (Å²) in [4.78, 5) is 4.85. The van der Waals surface area contributed by atoms with Crippen LogP contribution < -0.4 is 9.30 Å². The number of ether oxygens (including phenoxy) is 1. The van der Waals surface area contributed by atoms with Gasteiger partial charge in [0.25, 0.3) is 6.33 Å². The summed E-state index contributed by atoms with van der Waals surface area (Å²) < 4.78 is 56.9. The first kappa shape index (κ1) is 32.5. The van der Waals surface area contributed by atoms with Gasteiger partial charge in [-0.05, 0) is 92.6 Å². The van der Waals surface area contributed by atoms with Crippen LogP contribution in [0.1, 0.15) is 85.9 Å². The molecule has 0 aliphatic rings. The molecule has 0 saturated carbocycles. The lowest BCUT2D eigenvalue weighted by atomic mass is 9.77. The molecule has 0 aliphatic carbocycles. The second-order valence-corrected chi connectivity index (χ2v) is 18.5. The second-order valence-electron chi connectivity index (χ2n) is 18.5. The zero-order chi connectivity index (χ0) is 45.6. The van der Waals surface area contributed by atoms with Crippen molar-refractivity contribution >= 4 is 32.8 Å². The van der Waals surface area contributed by atoms with E-state index in [0.717, 1.165) is 55.5 Å². The van der Waals surface area contributed by atoms with Crippen molar-refractivity contribution in [3.63, 3.8) is 0 Å². The molecule has 9 aromatic rings. The van der Waals surface area contributed by atoms with Gasteiger partial charge in [0.05, 0.1) is 40.3 Å². The summed E-state index contributed by atoms with van der Waals surface area (Å²) in [6.07, 6.45) is 5.55. The van der Waals surface area contributed by atoms with Crippen LogP contribution in [0.3, 0.4) is 0 Å². The third kappa shape index (κ3) is 6.99. The molecule has 294 valence electrons. The Morgan fingerprint density at radius 2 is 1.31 bits per heavy atom. The molecule has 3 aromatic heterocycles.